The second kappa shape index (κ2) is 7.23. The molecule has 0 saturated heterocycles. The van der Waals surface area contributed by atoms with Gasteiger partial charge in [-0.15, -0.1) is 0 Å². The summed E-state index contributed by atoms with van der Waals surface area (Å²) in [6.45, 7) is 6.93. The van der Waals surface area contributed by atoms with Crippen molar-refractivity contribution in [3.8, 4) is 0 Å². The molecule has 28 heavy (non-hydrogen) atoms. The molecule has 4 saturated carbocycles. The zero-order valence-corrected chi connectivity index (χ0v) is 17.8. The normalized spacial score (nSPS) is 51.7. The first kappa shape index (κ1) is 20.6. The lowest BCUT2D eigenvalue weighted by atomic mass is 9.44. The van der Waals surface area contributed by atoms with E-state index in [0.29, 0.717) is 42.9 Å². The van der Waals surface area contributed by atoms with E-state index in [9.17, 15) is 9.18 Å². The van der Waals surface area contributed by atoms with Crippen molar-refractivity contribution < 1.29 is 18.7 Å². The van der Waals surface area contributed by atoms with Gasteiger partial charge in [0, 0.05) is 6.42 Å². The Labute approximate surface area is 168 Å². The van der Waals surface area contributed by atoms with Gasteiger partial charge < -0.3 is 5.11 Å². The summed E-state index contributed by atoms with van der Waals surface area (Å²) in [7, 11) is 0. The van der Waals surface area contributed by atoms with Crippen LogP contribution in [0.15, 0.2) is 0 Å². The van der Waals surface area contributed by atoms with Crippen molar-refractivity contribution in [1.29, 1.82) is 0 Å². The average molecular weight is 397 g/mol. The van der Waals surface area contributed by atoms with E-state index < -0.39 is 18.3 Å². The van der Waals surface area contributed by atoms with Crippen LogP contribution < -0.4 is 0 Å². The Morgan fingerprint density at radius 2 is 1.71 bits per heavy atom. The molecule has 0 bridgehead atoms. The van der Waals surface area contributed by atoms with Crippen molar-refractivity contribution >= 4 is 5.97 Å². The molecular weight excluding hydrogens is 358 g/mol. The molecule has 2 unspecified atom stereocenters. The second-order valence-electron chi connectivity index (χ2n) is 11.3. The maximum absolute atomic E-state index is 15.6. The molecule has 0 amide bonds. The summed E-state index contributed by atoms with van der Waals surface area (Å²) in [5.74, 6) is 1.34. The van der Waals surface area contributed by atoms with Gasteiger partial charge >= 0.3 is 5.97 Å². The molecule has 0 aliphatic heterocycles. The molecule has 4 aliphatic rings. The SMILES string of the molecule is C[C@H](CCC(=O)O)[C@H]1CC[C@H]2[C@@H]3C(F)C[C@@H]4CC(F)CC[C@]4(C)[C@H]3CC[C@]12C. The number of hydrogen-bond acceptors (Lipinski definition) is 1. The fraction of sp³-hybridized carbons (Fsp3) is 0.958. The van der Waals surface area contributed by atoms with Crippen LogP contribution in [0.2, 0.25) is 0 Å². The Morgan fingerprint density at radius 3 is 2.43 bits per heavy atom. The second-order valence-corrected chi connectivity index (χ2v) is 11.3. The van der Waals surface area contributed by atoms with Crippen LogP contribution in [0.4, 0.5) is 8.78 Å². The molecule has 4 fully saturated rings. The Hall–Kier alpha value is -0.670. The topological polar surface area (TPSA) is 37.3 Å². The minimum absolute atomic E-state index is 0.115. The fourth-order valence-corrected chi connectivity index (χ4v) is 8.65. The number of carbonyl (C=O) groups is 1. The zero-order valence-electron chi connectivity index (χ0n) is 17.8. The summed E-state index contributed by atoms with van der Waals surface area (Å²) in [6.07, 6.45) is 6.57. The van der Waals surface area contributed by atoms with Gasteiger partial charge in [0.1, 0.15) is 12.3 Å². The van der Waals surface area contributed by atoms with Crippen molar-refractivity contribution in [3.63, 3.8) is 0 Å². The standard InChI is InChI=1S/C24H38F2O2/c1-14(4-7-21(27)28)17-5-6-18-22-19(9-11-24(17,18)3)23(2)10-8-16(25)12-15(23)13-20(22)26/h14-20,22H,4-13H2,1-3H3,(H,27,28)/t14-,15+,16?,17-,18+,19+,20?,22+,23+,24-/m1/s1. The molecule has 4 heteroatoms. The molecule has 10 atom stereocenters. The molecule has 0 aromatic rings. The van der Waals surface area contributed by atoms with Crippen molar-refractivity contribution in [2.24, 2.45) is 46.3 Å². The Bertz CT molecular complexity index is 609. The average Bonchev–Trinajstić information content (AvgIpc) is 2.98. The third-order valence-electron chi connectivity index (χ3n) is 10.1. The molecule has 0 aromatic heterocycles. The van der Waals surface area contributed by atoms with Crippen LogP contribution in [-0.2, 0) is 4.79 Å². The number of alkyl halides is 2. The summed E-state index contributed by atoms with van der Waals surface area (Å²) in [5.41, 5.74) is 0.258. The predicted molar refractivity (Wildman–Crippen MR) is 106 cm³/mol. The summed E-state index contributed by atoms with van der Waals surface area (Å²) >= 11 is 0. The summed E-state index contributed by atoms with van der Waals surface area (Å²) in [4.78, 5) is 11.0. The Balaban J connectivity index is 1.55. The van der Waals surface area contributed by atoms with Crippen molar-refractivity contribution in [2.75, 3.05) is 0 Å². The highest BCUT2D eigenvalue weighted by Crippen LogP contribution is 2.68. The first-order valence-corrected chi connectivity index (χ1v) is 11.7. The third-order valence-corrected chi connectivity index (χ3v) is 10.1. The number of carboxylic acids is 1. The van der Waals surface area contributed by atoms with Crippen LogP contribution in [0.25, 0.3) is 0 Å². The summed E-state index contributed by atoms with van der Waals surface area (Å²) in [6, 6.07) is 0. The van der Waals surface area contributed by atoms with Crippen LogP contribution >= 0.6 is 0 Å². The number of halogens is 2. The predicted octanol–water partition coefficient (Wildman–Crippen LogP) is 6.43. The molecule has 0 heterocycles. The van der Waals surface area contributed by atoms with Gasteiger partial charge in [-0.3, -0.25) is 4.79 Å². The highest BCUT2D eigenvalue weighted by atomic mass is 19.1. The van der Waals surface area contributed by atoms with Gasteiger partial charge in [0.2, 0.25) is 0 Å². The number of carboxylic acid groups (broad SMARTS) is 1. The number of aliphatic carboxylic acids is 1. The fourth-order valence-electron chi connectivity index (χ4n) is 8.65. The number of fused-ring (bicyclic) bond motifs is 5. The monoisotopic (exact) mass is 396 g/mol. The van der Waals surface area contributed by atoms with E-state index in [4.69, 9.17) is 5.11 Å². The maximum atomic E-state index is 15.6. The van der Waals surface area contributed by atoms with Crippen LogP contribution in [0, 0.1) is 46.3 Å². The number of rotatable bonds is 4. The molecule has 1 N–H and O–H groups in total. The lowest BCUT2D eigenvalue weighted by molar-refractivity contribution is -0.153. The molecular formula is C24H38F2O2. The van der Waals surface area contributed by atoms with E-state index >= 15 is 4.39 Å². The van der Waals surface area contributed by atoms with Crippen molar-refractivity contribution in [3.05, 3.63) is 0 Å². The first-order chi connectivity index (χ1) is 13.2. The van der Waals surface area contributed by atoms with Gasteiger partial charge in [0.25, 0.3) is 0 Å². The lowest BCUT2D eigenvalue weighted by Gasteiger charge is -2.61. The smallest absolute Gasteiger partial charge is 0.303 e. The van der Waals surface area contributed by atoms with Crippen molar-refractivity contribution in [1.82, 2.24) is 0 Å². The van der Waals surface area contributed by atoms with Crippen molar-refractivity contribution in [2.45, 2.75) is 97.3 Å². The van der Waals surface area contributed by atoms with E-state index in [1.165, 1.54) is 0 Å². The molecule has 0 spiro atoms. The minimum atomic E-state index is -0.786. The highest BCUT2D eigenvalue weighted by molar-refractivity contribution is 5.66. The quantitative estimate of drug-likeness (QED) is 0.594. The zero-order chi connectivity index (χ0) is 20.3. The molecule has 2 nitrogen and oxygen atoms in total. The van der Waals surface area contributed by atoms with Crippen LogP contribution in [-0.4, -0.2) is 23.4 Å². The van der Waals surface area contributed by atoms with Gasteiger partial charge in [-0.05, 0) is 104 Å². The third kappa shape index (κ3) is 3.12. The summed E-state index contributed by atoms with van der Waals surface area (Å²) in [5, 5.41) is 9.07. The molecule has 4 rings (SSSR count). The molecule has 4 aliphatic carbocycles. The van der Waals surface area contributed by atoms with E-state index in [1.54, 1.807) is 0 Å². The van der Waals surface area contributed by atoms with E-state index in [-0.39, 0.29) is 29.1 Å². The van der Waals surface area contributed by atoms with Gasteiger partial charge in [0.05, 0.1) is 0 Å². The van der Waals surface area contributed by atoms with Crippen LogP contribution in [0.3, 0.4) is 0 Å². The summed E-state index contributed by atoms with van der Waals surface area (Å²) < 4.78 is 29.6. The van der Waals surface area contributed by atoms with Gasteiger partial charge in [-0.1, -0.05) is 20.8 Å². The Kier molecular flexibility index (Phi) is 5.32. The van der Waals surface area contributed by atoms with Gasteiger partial charge in [-0.25, -0.2) is 8.78 Å². The highest BCUT2D eigenvalue weighted by Gasteiger charge is 2.63. The first-order valence-electron chi connectivity index (χ1n) is 11.7. The van der Waals surface area contributed by atoms with E-state index in [2.05, 4.69) is 20.8 Å². The van der Waals surface area contributed by atoms with Crippen LogP contribution in [0.1, 0.15) is 85.0 Å². The van der Waals surface area contributed by atoms with E-state index in [1.807, 2.05) is 0 Å². The number of hydrogen-bond donors (Lipinski definition) is 1. The lowest BCUT2D eigenvalue weighted by Crippen LogP contribution is -2.57. The Morgan fingerprint density at radius 1 is 1.04 bits per heavy atom. The molecule has 0 radical (unpaired) electrons. The van der Waals surface area contributed by atoms with E-state index in [0.717, 1.165) is 38.5 Å². The molecule has 0 aromatic carbocycles. The van der Waals surface area contributed by atoms with Crippen LogP contribution in [0.5, 0.6) is 0 Å². The minimum Gasteiger partial charge on any atom is -0.481 e. The maximum Gasteiger partial charge on any atom is 0.303 e. The van der Waals surface area contributed by atoms with Gasteiger partial charge in [0.15, 0.2) is 0 Å². The van der Waals surface area contributed by atoms with Gasteiger partial charge in [-0.2, -0.15) is 0 Å². The molecule has 160 valence electrons. The largest absolute Gasteiger partial charge is 0.481 e.